The van der Waals surface area contributed by atoms with Crippen LogP contribution in [0.15, 0.2) is 96.0 Å². The Hall–Kier alpha value is -3.64. The number of nitrogens with zero attached hydrogens (tertiary/aromatic N) is 2. The van der Waals surface area contributed by atoms with Gasteiger partial charge in [-0.05, 0) is 34.9 Å². The van der Waals surface area contributed by atoms with Gasteiger partial charge < -0.3 is 5.73 Å². The maximum atomic E-state index is 9.08. The fourth-order valence-electron chi connectivity index (χ4n) is 2.59. The van der Waals surface area contributed by atoms with Crippen molar-refractivity contribution in [3.05, 3.63) is 113 Å². The first kappa shape index (κ1) is 17.2. The lowest BCUT2D eigenvalue weighted by atomic mass is 10.0. The van der Waals surface area contributed by atoms with Gasteiger partial charge in [0.2, 0.25) is 0 Å². The zero-order valence-corrected chi connectivity index (χ0v) is 14.3. The first-order valence-electron chi connectivity index (χ1n) is 8.38. The molecular weight excluding hydrogens is 318 g/mol. The van der Waals surface area contributed by atoms with Gasteiger partial charge in [-0.2, -0.15) is 5.26 Å². The van der Waals surface area contributed by atoms with E-state index in [-0.39, 0.29) is 0 Å². The number of nitrogens with two attached hydrogens (primary N) is 1. The van der Waals surface area contributed by atoms with Crippen LogP contribution in [0, 0.1) is 11.3 Å². The minimum atomic E-state index is 0.576. The van der Waals surface area contributed by atoms with Crippen molar-refractivity contribution in [2.24, 2.45) is 10.7 Å². The number of rotatable bonds is 5. The van der Waals surface area contributed by atoms with Gasteiger partial charge >= 0.3 is 0 Å². The van der Waals surface area contributed by atoms with Crippen molar-refractivity contribution in [3.63, 3.8) is 0 Å². The highest BCUT2D eigenvalue weighted by molar-refractivity contribution is 6.12. The number of hydrogen-bond acceptors (Lipinski definition) is 3. The maximum Gasteiger partial charge on any atom is 0.0991 e. The second-order valence-electron chi connectivity index (χ2n) is 5.85. The fourth-order valence-corrected chi connectivity index (χ4v) is 2.59. The molecule has 0 aliphatic rings. The summed E-state index contributed by atoms with van der Waals surface area (Å²) in [6.45, 7) is 0.576. The van der Waals surface area contributed by atoms with E-state index in [9.17, 15) is 0 Å². The zero-order valence-electron chi connectivity index (χ0n) is 14.3. The SMILES string of the molecule is N#Cc1cccc(C(N)=CC(=NCc2ccccc2)c2ccccc2)c1. The Balaban J connectivity index is 1.96. The molecule has 26 heavy (non-hydrogen) atoms. The molecule has 0 radical (unpaired) electrons. The van der Waals surface area contributed by atoms with Gasteiger partial charge in [0.15, 0.2) is 0 Å². The quantitative estimate of drug-likeness (QED) is 0.694. The van der Waals surface area contributed by atoms with Crippen molar-refractivity contribution in [1.82, 2.24) is 0 Å². The molecule has 0 aromatic heterocycles. The van der Waals surface area contributed by atoms with Gasteiger partial charge in [-0.15, -0.1) is 0 Å². The second-order valence-corrected chi connectivity index (χ2v) is 5.85. The Kier molecular flexibility index (Phi) is 5.59. The fraction of sp³-hybridized carbons (Fsp3) is 0.0435. The molecule has 3 aromatic rings. The largest absolute Gasteiger partial charge is 0.398 e. The third-order valence-corrected chi connectivity index (χ3v) is 3.96. The van der Waals surface area contributed by atoms with Crippen LogP contribution in [0.3, 0.4) is 0 Å². The van der Waals surface area contributed by atoms with Crippen LogP contribution in [0.25, 0.3) is 5.70 Å². The first-order chi connectivity index (χ1) is 12.8. The summed E-state index contributed by atoms with van der Waals surface area (Å²) in [4.78, 5) is 4.77. The molecule has 3 aromatic carbocycles. The molecule has 0 unspecified atom stereocenters. The molecule has 126 valence electrons. The van der Waals surface area contributed by atoms with Crippen LogP contribution in [0.2, 0.25) is 0 Å². The standard InChI is InChI=1S/C23H19N3/c24-16-19-10-7-13-21(14-19)22(25)15-23(20-11-5-2-6-12-20)26-17-18-8-3-1-4-9-18/h1-15H,17,25H2. The summed E-state index contributed by atoms with van der Waals surface area (Å²) in [7, 11) is 0. The molecule has 0 aliphatic carbocycles. The van der Waals surface area contributed by atoms with Crippen molar-refractivity contribution >= 4 is 11.4 Å². The summed E-state index contributed by atoms with van der Waals surface area (Å²) in [5, 5.41) is 9.08. The predicted molar refractivity (Wildman–Crippen MR) is 106 cm³/mol. The van der Waals surface area contributed by atoms with Crippen LogP contribution in [0.5, 0.6) is 0 Å². The molecular formula is C23H19N3. The molecule has 0 fully saturated rings. The minimum Gasteiger partial charge on any atom is -0.398 e. The molecule has 0 saturated carbocycles. The van der Waals surface area contributed by atoms with Gasteiger partial charge in [-0.25, -0.2) is 0 Å². The van der Waals surface area contributed by atoms with Crippen molar-refractivity contribution in [3.8, 4) is 6.07 Å². The van der Waals surface area contributed by atoms with E-state index in [4.69, 9.17) is 16.0 Å². The molecule has 2 N–H and O–H groups in total. The smallest absolute Gasteiger partial charge is 0.0991 e. The van der Waals surface area contributed by atoms with Gasteiger partial charge in [0.05, 0.1) is 23.9 Å². The Labute approximate surface area is 153 Å². The van der Waals surface area contributed by atoms with E-state index in [2.05, 4.69) is 18.2 Å². The van der Waals surface area contributed by atoms with E-state index in [0.717, 1.165) is 22.4 Å². The van der Waals surface area contributed by atoms with Crippen LogP contribution in [-0.4, -0.2) is 5.71 Å². The lowest BCUT2D eigenvalue weighted by Crippen LogP contribution is -2.04. The van der Waals surface area contributed by atoms with E-state index in [0.29, 0.717) is 17.8 Å². The molecule has 0 atom stereocenters. The van der Waals surface area contributed by atoms with E-state index in [1.165, 1.54) is 0 Å². The summed E-state index contributed by atoms with van der Waals surface area (Å²) >= 11 is 0. The normalized spacial score (nSPS) is 11.8. The Morgan fingerprint density at radius 2 is 1.54 bits per heavy atom. The molecule has 0 amide bonds. The average molecular weight is 337 g/mol. The highest BCUT2D eigenvalue weighted by Gasteiger charge is 2.04. The third-order valence-electron chi connectivity index (χ3n) is 3.96. The highest BCUT2D eigenvalue weighted by atomic mass is 14.7. The van der Waals surface area contributed by atoms with Gasteiger partial charge in [-0.1, -0.05) is 72.8 Å². The van der Waals surface area contributed by atoms with Gasteiger partial charge in [0.1, 0.15) is 0 Å². The molecule has 0 saturated heterocycles. The van der Waals surface area contributed by atoms with E-state index in [1.807, 2.05) is 66.7 Å². The molecule has 0 bridgehead atoms. The average Bonchev–Trinajstić information content (AvgIpc) is 2.72. The molecule has 0 heterocycles. The summed E-state index contributed by atoms with van der Waals surface area (Å²) in [5.41, 5.74) is 11.2. The highest BCUT2D eigenvalue weighted by Crippen LogP contribution is 2.14. The van der Waals surface area contributed by atoms with Crippen molar-refractivity contribution in [1.29, 1.82) is 5.26 Å². The van der Waals surface area contributed by atoms with E-state index >= 15 is 0 Å². The monoisotopic (exact) mass is 337 g/mol. The molecule has 3 heteroatoms. The van der Waals surface area contributed by atoms with Crippen LogP contribution in [0.1, 0.15) is 22.3 Å². The third kappa shape index (κ3) is 4.46. The van der Waals surface area contributed by atoms with E-state index in [1.54, 1.807) is 12.1 Å². The van der Waals surface area contributed by atoms with Crippen LogP contribution < -0.4 is 5.73 Å². The van der Waals surface area contributed by atoms with Crippen LogP contribution in [-0.2, 0) is 6.54 Å². The van der Waals surface area contributed by atoms with Gasteiger partial charge in [0.25, 0.3) is 0 Å². The Morgan fingerprint density at radius 1 is 0.885 bits per heavy atom. The minimum absolute atomic E-state index is 0.576. The second kappa shape index (κ2) is 8.46. The Morgan fingerprint density at radius 3 is 2.23 bits per heavy atom. The molecule has 3 rings (SSSR count). The number of aliphatic imine (C=N–C) groups is 1. The summed E-state index contributed by atoms with van der Waals surface area (Å²) in [6, 6.07) is 29.5. The number of allylic oxidation sites excluding steroid dienone is 1. The van der Waals surface area contributed by atoms with Crippen LogP contribution >= 0.6 is 0 Å². The Bertz CT molecular complexity index is 965. The molecule has 0 spiro atoms. The summed E-state index contributed by atoms with van der Waals surface area (Å²) < 4.78 is 0. The van der Waals surface area contributed by atoms with Crippen molar-refractivity contribution in [2.75, 3.05) is 0 Å². The maximum absolute atomic E-state index is 9.08. The number of benzene rings is 3. The lowest BCUT2D eigenvalue weighted by Gasteiger charge is -2.07. The van der Waals surface area contributed by atoms with Crippen molar-refractivity contribution < 1.29 is 0 Å². The predicted octanol–water partition coefficient (Wildman–Crippen LogP) is 4.55. The summed E-state index contributed by atoms with van der Waals surface area (Å²) in [6.07, 6.45) is 1.87. The molecule has 0 aliphatic heterocycles. The van der Waals surface area contributed by atoms with Crippen molar-refractivity contribution in [2.45, 2.75) is 6.54 Å². The van der Waals surface area contributed by atoms with Crippen LogP contribution in [0.4, 0.5) is 0 Å². The zero-order chi connectivity index (χ0) is 18.2. The molecule has 3 nitrogen and oxygen atoms in total. The summed E-state index contributed by atoms with van der Waals surface area (Å²) in [5.74, 6) is 0. The number of nitriles is 1. The van der Waals surface area contributed by atoms with Gasteiger partial charge in [-0.3, -0.25) is 4.99 Å². The number of hydrogen-bond donors (Lipinski definition) is 1. The topological polar surface area (TPSA) is 62.2 Å². The van der Waals surface area contributed by atoms with Gasteiger partial charge in [0, 0.05) is 5.70 Å². The first-order valence-corrected chi connectivity index (χ1v) is 8.38. The lowest BCUT2D eigenvalue weighted by molar-refractivity contribution is 1.07. The van der Waals surface area contributed by atoms with E-state index < -0.39 is 0 Å².